The second-order valence-electron chi connectivity index (χ2n) is 10.4. The predicted molar refractivity (Wildman–Crippen MR) is 134 cm³/mol. The number of aryl methyl sites for hydroxylation is 1. The van der Waals surface area contributed by atoms with Crippen LogP contribution in [0.3, 0.4) is 0 Å². The molecule has 0 radical (unpaired) electrons. The first kappa shape index (κ1) is 23.3. The van der Waals surface area contributed by atoms with Gasteiger partial charge >= 0.3 is 6.09 Å². The van der Waals surface area contributed by atoms with Crippen LogP contribution in [0, 0.1) is 0 Å². The van der Waals surface area contributed by atoms with Gasteiger partial charge in [0, 0.05) is 30.8 Å². The van der Waals surface area contributed by atoms with Gasteiger partial charge in [-0.1, -0.05) is 12.1 Å². The van der Waals surface area contributed by atoms with Gasteiger partial charge in [0.05, 0.1) is 24.0 Å². The number of alkyl carbamates (subject to hydrolysis) is 1. The van der Waals surface area contributed by atoms with Crippen molar-refractivity contribution in [3.8, 4) is 11.3 Å². The van der Waals surface area contributed by atoms with Crippen molar-refractivity contribution in [3.05, 3.63) is 53.5 Å². The fourth-order valence-electron chi connectivity index (χ4n) is 4.75. The SMILES string of the molecule is CN1CCn2nc(Nc3cc(-c4ccc5c(c4)CCCC5NC(=O)OC(C)(C)C)ncn3)cc2C1. The standard InChI is InChI=1S/C26H33N7O2/c1-26(2,3)35-25(34)29-21-7-5-6-17-12-18(8-9-20(17)21)22-14-23(28-16-27-22)30-24-13-19-15-32(4)10-11-33(19)31-24/h8-9,12-14,16,21H,5-7,10-11,15H2,1-4H3,(H,29,34)(H,27,28,30,31). The number of likely N-dealkylation sites (N-methyl/N-ethyl adjacent to an activating group) is 1. The lowest BCUT2D eigenvalue weighted by atomic mass is 9.86. The number of fused-ring (bicyclic) bond motifs is 2. The number of nitrogens with one attached hydrogen (secondary N) is 2. The highest BCUT2D eigenvalue weighted by molar-refractivity contribution is 5.69. The Morgan fingerprint density at radius 2 is 1.97 bits per heavy atom. The van der Waals surface area contributed by atoms with Crippen molar-refractivity contribution in [1.82, 2.24) is 30.0 Å². The number of carbonyl (C=O) groups excluding carboxylic acids is 1. The van der Waals surface area contributed by atoms with Gasteiger partial charge in [-0.3, -0.25) is 9.58 Å². The molecule has 0 saturated carbocycles. The Bertz CT molecular complexity index is 1230. The molecular weight excluding hydrogens is 442 g/mol. The van der Waals surface area contributed by atoms with Crippen LogP contribution in [-0.4, -0.2) is 49.9 Å². The van der Waals surface area contributed by atoms with Gasteiger partial charge in [-0.2, -0.15) is 5.10 Å². The third kappa shape index (κ3) is 5.45. The molecule has 2 N–H and O–H groups in total. The van der Waals surface area contributed by atoms with Crippen LogP contribution in [0.4, 0.5) is 16.4 Å². The molecule has 9 nitrogen and oxygen atoms in total. The fourth-order valence-corrected chi connectivity index (χ4v) is 4.75. The first-order chi connectivity index (χ1) is 16.7. The maximum Gasteiger partial charge on any atom is 0.408 e. The lowest BCUT2D eigenvalue weighted by molar-refractivity contribution is 0.0498. The molecule has 1 aliphatic carbocycles. The van der Waals surface area contributed by atoms with E-state index in [9.17, 15) is 4.79 Å². The number of hydrogen-bond donors (Lipinski definition) is 2. The number of carbonyl (C=O) groups is 1. The lowest BCUT2D eigenvalue weighted by Crippen LogP contribution is -2.36. The smallest absolute Gasteiger partial charge is 0.408 e. The molecule has 184 valence electrons. The second-order valence-corrected chi connectivity index (χ2v) is 10.4. The van der Waals surface area contributed by atoms with Gasteiger partial charge in [-0.15, -0.1) is 0 Å². The molecule has 3 heterocycles. The van der Waals surface area contributed by atoms with E-state index in [0.29, 0.717) is 5.82 Å². The number of nitrogens with zero attached hydrogens (tertiary/aromatic N) is 5. The Morgan fingerprint density at radius 3 is 2.80 bits per heavy atom. The lowest BCUT2D eigenvalue weighted by Gasteiger charge is -2.28. The molecule has 0 saturated heterocycles. The molecule has 9 heteroatoms. The first-order valence-corrected chi connectivity index (χ1v) is 12.2. The van der Waals surface area contributed by atoms with Crippen molar-refractivity contribution < 1.29 is 9.53 Å². The van der Waals surface area contributed by atoms with Crippen molar-refractivity contribution >= 4 is 17.7 Å². The Morgan fingerprint density at radius 1 is 1.11 bits per heavy atom. The van der Waals surface area contributed by atoms with Gasteiger partial charge in [0.25, 0.3) is 0 Å². The minimum atomic E-state index is -0.517. The summed E-state index contributed by atoms with van der Waals surface area (Å²) in [4.78, 5) is 23.5. The summed E-state index contributed by atoms with van der Waals surface area (Å²) in [6.45, 7) is 8.40. The number of hydrogen-bond acceptors (Lipinski definition) is 7. The molecule has 1 atom stereocenters. The largest absolute Gasteiger partial charge is 0.444 e. The van der Waals surface area contributed by atoms with Gasteiger partial charge < -0.3 is 15.4 Å². The zero-order valence-corrected chi connectivity index (χ0v) is 20.8. The number of ether oxygens (including phenoxy) is 1. The van der Waals surface area contributed by atoms with Crippen LogP contribution < -0.4 is 10.6 Å². The average Bonchev–Trinajstić information content (AvgIpc) is 3.19. The normalized spacial score (nSPS) is 17.9. The van der Waals surface area contributed by atoms with Gasteiger partial charge in [0.15, 0.2) is 5.82 Å². The molecule has 1 aliphatic heterocycles. The van der Waals surface area contributed by atoms with Crippen LogP contribution in [0.2, 0.25) is 0 Å². The molecular formula is C26H33N7O2. The van der Waals surface area contributed by atoms with E-state index in [-0.39, 0.29) is 12.1 Å². The molecule has 0 spiro atoms. The van der Waals surface area contributed by atoms with Gasteiger partial charge in [-0.05, 0) is 64.3 Å². The van der Waals surface area contributed by atoms with Gasteiger partial charge in [0.1, 0.15) is 17.7 Å². The molecule has 0 bridgehead atoms. The van der Waals surface area contributed by atoms with E-state index in [1.165, 1.54) is 11.3 Å². The monoisotopic (exact) mass is 475 g/mol. The Balaban J connectivity index is 1.32. The first-order valence-electron chi connectivity index (χ1n) is 12.2. The Hall–Kier alpha value is -3.46. The number of amides is 1. The van der Waals surface area contributed by atoms with E-state index in [4.69, 9.17) is 4.74 Å². The van der Waals surface area contributed by atoms with E-state index in [1.54, 1.807) is 6.33 Å². The molecule has 1 amide bonds. The van der Waals surface area contributed by atoms with E-state index in [1.807, 2.05) is 26.8 Å². The Labute approximate surface area is 205 Å². The van der Waals surface area contributed by atoms with Crippen LogP contribution in [0.5, 0.6) is 0 Å². The molecule has 5 rings (SSSR count). The van der Waals surface area contributed by atoms with Crippen LogP contribution in [0.1, 0.15) is 56.5 Å². The van der Waals surface area contributed by atoms with Crippen LogP contribution >= 0.6 is 0 Å². The summed E-state index contributed by atoms with van der Waals surface area (Å²) < 4.78 is 7.51. The van der Waals surface area contributed by atoms with E-state index in [2.05, 4.69) is 66.6 Å². The molecule has 35 heavy (non-hydrogen) atoms. The topological polar surface area (TPSA) is 97.2 Å². The highest BCUT2D eigenvalue weighted by atomic mass is 16.6. The fraction of sp³-hybridized carbons (Fsp3) is 0.462. The minimum absolute atomic E-state index is 0.0451. The van der Waals surface area contributed by atoms with Crippen LogP contribution in [0.15, 0.2) is 36.7 Å². The zero-order valence-electron chi connectivity index (χ0n) is 20.8. The maximum absolute atomic E-state index is 12.3. The summed E-state index contributed by atoms with van der Waals surface area (Å²) in [5, 5.41) is 11.0. The third-order valence-electron chi connectivity index (χ3n) is 6.36. The van der Waals surface area contributed by atoms with E-state index in [0.717, 1.165) is 61.5 Å². The third-order valence-corrected chi connectivity index (χ3v) is 6.36. The average molecular weight is 476 g/mol. The van der Waals surface area contributed by atoms with Crippen molar-refractivity contribution in [2.24, 2.45) is 0 Å². The summed E-state index contributed by atoms with van der Waals surface area (Å²) >= 11 is 0. The summed E-state index contributed by atoms with van der Waals surface area (Å²) in [6, 6.07) is 10.3. The minimum Gasteiger partial charge on any atom is -0.444 e. The molecule has 1 aromatic carbocycles. The van der Waals surface area contributed by atoms with Crippen molar-refractivity contribution in [3.63, 3.8) is 0 Å². The molecule has 3 aromatic rings. The number of anilines is 2. The number of rotatable bonds is 4. The summed E-state index contributed by atoms with van der Waals surface area (Å²) in [6.07, 6.45) is 4.08. The van der Waals surface area contributed by atoms with Gasteiger partial charge in [-0.25, -0.2) is 14.8 Å². The highest BCUT2D eigenvalue weighted by Gasteiger charge is 2.25. The number of aromatic nitrogens is 4. The molecule has 2 aromatic heterocycles. The molecule has 1 unspecified atom stereocenters. The Kier molecular flexibility index (Phi) is 6.19. The highest BCUT2D eigenvalue weighted by Crippen LogP contribution is 2.33. The molecule has 0 fully saturated rings. The summed E-state index contributed by atoms with van der Waals surface area (Å²) in [7, 11) is 2.12. The van der Waals surface area contributed by atoms with E-state index < -0.39 is 5.60 Å². The number of benzene rings is 1. The predicted octanol–water partition coefficient (Wildman–Crippen LogP) is 4.43. The van der Waals surface area contributed by atoms with Crippen LogP contribution in [0.25, 0.3) is 11.3 Å². The van der Waals surface area contributed by atoms with Crippen molar-refractivity contribution in [2.75, 3.05) is 18.9 Å². The van der Waals surface area contributed by atoms with Crippen molar-refractivity contribution in [2.45, 2.75) is 64.8 Å². The summed E-state index contributed by atoms with van der Waals surface area (Å²) in [5.41, 5.74) is 4.92. The quantitative estimate of drug-likeness (QED) is 0.576. The zero-order chi connectivity index (χ0) is 24.6. The van der Waals surface area contributed by atoms with Crippen LogP contribution in [-0.2, 0) is 24.2 Å². The summed E-state index contributed by atoms with van der Waals surface area (Å²) in [5.74, 6) is 1.50. The maximum atomic E-state index is 12.3. The van der Waals surface area contributed by atoms with E-state index >= 15 is 0 Å². The molecule has 2 aliphatic rings. The van der Waals surface area contributed by atoms with Gasteiger partial charge in [0.2, 0.25) is 0 Å². The second kappa shape index (κ2) is 9.30. The van der Waals surface area contributed by atoms with Crippen molar-refractivity contribution in [1.29, 1.82) is 0 Å².